The molecule has 0 heterocycles. The number of amides is 1. The molecule has 5 heteroatoms. The summed E-state index contributed by atoms with van der Waals surface area (Å²) in [6, 6.07) is 18.1. The summed E-state index contributed by atoms with van der Waals surface area (Å²) in [6.07, 6.45) is 1.34. The minimum atomic E-state index is -0.397. The summed E-state index contributed by atoms with van der Waals surface area (Å²) in [7, 11) is 0. The van der Waals surface area contributed by atoms with Crippen LogP contribution in [-0.2, 0) is 0 Å². The number of phenolic OH excluding ortho intramolecular Hbond substituents is 1. The standard InChI is InChI=1S/C18H15N3O2/c19-20-11-16-14-9-5-4-6-12(14)10-15(17(16)22)18(23)21-13-7-2-1-3-8-13/h1-11,22H,19H2,(H,21,23)/b20-11+. The van der Waals surface area contributed by atoms with Gasteiger partial charge in [-0.25, -0.2) is 0 Å². The molecule has 4 N–H and O–H groups in total. The van der Waals surface area contributed by atoms with Crippen molar-refractivity contribution >= 4 is 28.6 Å². The zero-order valence-corrected chi connectivity index (χ0v) is 12.2. The quantitative estimate of drug-likeness (QED) is 0.395. The monoisotopic (exact) mass is 305 g/mol. The predicted molar refractivity (Wildman–Crippen MR) is 91.8 cm³/mol. The minimum absolute atomic E-state index is 0.147. The number of hydrogen-bond acceptors (Lipinski definition) is 4. The number of nitrogens with zero attached hydrogens (tertiary/aromatic N) is 1. The molecule has 0 aromatic heterocycles. The average molecular weight is 305 g/mol. The van der Waals surface area contributed by atoms with E-state index in [1.165, 1.54) is 6.21 Å². The zero-order chi connectivity index (χ0) is 16.2. The Morgan fingerprint density at radius 3 is 2.52 bits per heavy atom. The van der Waals surface area contributed by atoms with Crippen LogP contribution in [-0.4, -0.2) is 17.2 Å². The molecule has 0 aliphatic heterocycles. The highest BCUT2D eigenvalue weighted by molar-refractivity contribution is 6.13. The summed E-state index contributed by atoms with van der Waals surface area (Å²) in [5.41, 5.74) is 1.24. The van der Waals surface area contributed by atoms with Crippen LogP contribution < -0.4 is 11.2 Å². The maximum atomic E-state index is 12.5. The van der Waals surface area contributed by atoms with Crippen LogP contribution in [0.25, 0.3) is 10.8 Å². The number of hydrogen-bond donors (Lipinski definition) is 3. The summed E-state index contributed by atoms with van der Waals surface area (Å²) < 4.78 is 0. The van der Waals surface area contributed by atoms with E-state index in [-0.39, 0.29) is 11.3 Å². The van der Waals surface area contributed by atoms with Gasteiger partial charge in [-0.15, -0.1) is 0 Å². The molecule has 5 nitrogen and oxygen atoms in total. The third-order valence-electron chi connectivity index (χ3n) is 3.54. The fraction of sp³-hybridized carbons (Fsp3) is 0. The van der Waals surface area contributed by atoms with Crippen LogP contribution in [0.4, 0.5) is 5.69 Å². The fourth-order valence-corrected chi connectivity index (χ4v) is 2.46. The third kappa shape index (κ3) is 2.85. The van der Waals surface area contributed by atoms with Crippen LogP contribution in [0, 0.1) is 0 Å². The van der Waals surface area contributed by atoms with Gasteiger partial charge in [-0.2, -0.15) is 5.10 Å². The molecule has 1 amide bonds. The fourth-order valence-electron chi connectivity index (χ4n) is 2.46. The Bertz CT molecular complexity index is 889. The summed E-state index contributed by atoms with van der Waals surface area (Å²) in [5, 5.41) is 18.3. The normalized spacial score (nSPS) is 11.0. The molecule has 0 fully saturated rings. The van der Waals surface area contributed by atoms with Gasteiger partial charge in [-0.05, 0) is 29.0 Å². The number of nitrogens with one attached hydrogen (secondary N) is 1. The lowest BCUT2D eigenvalue weighted by Gasteiger charge is -2.11. The number of carbonyl (C=O) groups excluding carboxylic acids is 1. The number of hydrazone groups is 1. The highest BCUT2D eigenvalue weighted by Crippen LogP contribution is 2.30. The predicted octanol–water partition coefficient (Wildman–Crippen LogP) is 3.09. The zero-order valence-electron chi connectivity index (χ0n) is 12.2. The topological polar surface area (TPSA) is 87.7 Å². The number of fused-ring (bicyclic) bond motifs is 1. The van der Waals surface area contributed by atoms with E-state index in [9.17, 15) is 9.90 Å². The molecular formula is C18H15N3O2. The number of nitrogens with two attached hydrogens (primary N) is 1. The Kier molecular flexibility index (Phi) is 3.93. The maximum Gasteiger partial charge on any atom is 0.259 e. The van der Waals surface area contributed by atoms with Crippen molar-refractivity contribution in [2.45, 2.75) is 0 Å². The van der Waals surface area contributed by atoms with Gasteiger partial charge in [0.1, 0.15) is 5.75 Å². The van der Waals surface area contributed by atoms with Crippen LogP contribution in [0.15, 0.2) is 65.8 Å². The number of para-hydroxylation sites is 1. The van der Waals surface area contributed by atoms with E-state index < -0.39 is 5.91 Å². The summed E-state index contributed by atoms with van der Waals surface area (Å²) >= 11 is 0. The first-order valence-corrected chi connectivity index (χ1v) is 7.05. The van der Waals surface area contributed by atoms with Crippen molar-refractivity contribution in [3.8, 4) is 5.75 Å². The van der Waals surface area contributed by atoms with E-state index in [0.717, 1.165) is 10.8 Å². The van der Waals surface area contributed by atoms with E-state index in [1.54, 1.807) is 18.2 Å². The Morgan fingerprint density at radius 2 is 1.78 bits per heavy atom. The lowest BCUT2D eigenvalue weighted by Crippen LogP contribution is -2.13. The first-order valence-electron chi connectivity index (χ1n) is 7.05. The molecule has 0 aliphatic carbocycles. The van der Waals surface area contributed by atoms with Crippen molar-refractivity contribution < 1.29 is 9.90 Å². The molecule has 3 aromatic carbocycles. The molecule has 0 bridgehead atoms. The number of benzene rings is 3. The molecule has 0 saturated heterocycles. The van der Waals surface area contributed by atoms with Gasteiger partial charge in [0.2, 0.25) is 0 Å². The first-order chi connectivity index (χ1) is 11.2. The van der Waals surface area contributed by atoms with Crippen molar-refractivity contribution in [3.63, 3.8) is 0 Å². The molecule has 0 spiro atoms. The molecular weight excluding hydrogens is 290 g/mol. The van der Waals surface area contributed by atoms with E-state index >= 15 is 0 Å². The van der Waals surface area contributed by atoms with Gasteiger partial charge in [0.15, 0.2) is 0 Å². The number of rotatable bonds is 3. The van der Waals surface area contributed by atoms with E-state index in [0.29, 0.717) is 11.3 Å². The van der Waals surface area contributed by atoms with Crippen LogP contribution in [0.3, 0.4) is 0 Å². The van der Waals surface area contributed by atoms with Gasteiger partial charge in [-0.3, -0.25) is 4.79 Å². The van der Waals surface area contributed by atoms with Crippen LogP contribution in [0.2, 0.25) is 0 Å². The average Bonchev–Trinajstić information content (AvgIpc) is 2.58. The van der Waals surface area contributed by atoms with Gasteiger partial charge in [-0.1, -0.05) is 42.5 Å². The Hall–Kier alpha value is -3.34. The second kappa shape index (κ2) is 6.19. The second-order valence-corrected chi connectivity index (χ2v) is 5.01. The molecule has 0 unspecified atom stereocenters. The van der Waals surface area contributed by atoms with Gasteiger partial charge in [0, 0.05) is 11.3 Å². The van der Waals surface area contributed by atoms with E-state index in [1.807, 2.05) is 42.5 Å². The largest absolute Gasteiger partial charge is 0.506 e. The lowest BCUT2D eigenvalue weighted by atomic mass is 9.99. The molecule has 23 heavy (non-hydrogen) atoms. The summed E-state index contributed by atoms with van der Waals surface area (Å²) in [5.74, 6) is 4.68. The smallest absolute Gasteiger partial charge is 0.259 e. The first kappa shape index (κ1) is 14.6. The van der Waals surface area contributed by atoms with Crippen molar-refractivity contribution in [2.75, 3.05) is 5.32 Å². The van der Waals surface area contributed by atoms with Gasteiger partial charge >= 0.3 is 0 Å². The van der Waals surface area contributed by atoms with Crippen molar-refractivity contribution in [2.24, 2.45) is 10.9 Å². The number of aromatic hydroxyl groups is 1. The van der Waals surface area contributed by atoms with Gasteiger partial charge in [0.25, 0.3) is 5.91 Å². The lowest BCUT2D eigenvalue weighted by molar-refractivity contribution is 0.102. The van der Waals surface area contributed by atoms with Crippen LogP contribution in [0.5, 0.6) is 5.75 Å². The van der Waals surface area contributed by atoms with Crippen molar-refractivity contribution in [1.82, 2.24) is 0 Å². The van der Waals surface area contributed by atoms with Gasteiger partial charge in [0.05, 0.1) is 11.8 Å². The molecule has 0 aliphatic rings. The molecule has 3 rings (SSSR count). The molecule has 0 atom stereocenters. The van der Waals surface area contributed by atoms with E-state index in [4.69, 9.17) is 5.84 Å². The molecule has 3 aromatic rings. The summed E-state index contributed by atoms with van der Waals surface area (Å²) in [6.45, 7) is 0. The number of anilines is 1. The molecule has 0 saturated carbocycles. The minimum Gasteiger partial charge on any atom is -0.506 e. The maximum absolute atomic E-state index is 12.5. The van der Waals surface area contributed by atoms with Crippen molar-refractivity contribution in [3.05, 3.63) is 71.8 Å². The Labute approximate surface area is 133 Å². The Balaban J connectivity index is 2.10. The third-order valence-corrected chi connectivity index (χ3v) is 3.54. The second-order valence-electron chi connectivity index (χ2n) is 5.01. The molecule has 114 valence electrons. The number of phenols is 1. The highest BCUT2D eigenvalue weighted by atomic mass is 16.3. The van der Waals surface area contributed by atoms with Crippen LogP contribution >= 0.6 is 0 Å². The summed E-state index contributed by atoms with van der Waals surface area (Å²) in [4.78, 5) is 12.5. The van der Waals surface area contributed by atoms with Crippen LogP contribution in [0.1, 0.15) is 15.9 Å². The highest BCUT2D eigenvalue weighted by Gasteiger charge is 2.17. The molecule has 0 radical (unpaired) electrons. The SMILES string of the molecule is N/N=C/c1c(O)c(C(=O)Nc2ccccc2)cc2ccccc12. The Morgan fingerprint density at radius 1 is 1.09 bits per heavy atom. The number of carbonyl (C=O) groups is 1. The van der Waals surface area contributed by atoms with Crippen molar-refractivity contribution in [1.29, 1.82) is 0 Å². The van der Waals surface area contributed by atoms with E-state index in [2.05, 4.69) is 10.4 Å². The van der Waals surface area contributed by atoms with Gasteiger partial charge < -0.3 is 16.3 Å².